The Labute approximate surface area is 180 Å². The maximum absolute atomic E-state index is 13.2. The number of nitrogens with zero attached hydrogens (tertiary/aromatic N) is 2. The highest BCUT2D eigenvalue weighted by atomic mass is 35.5. The molecule has 3 aliphatic rings. The first kappa shape index (κ1) is 19.4. The molecular formula is C23H25ClN4O2. The van der Waals surface area contributed by atoms with Crippen LogP contribution in [0.2, 0.25) is 5.02 Å². The number of aromatic nitrogens is 1. The van der Waals surface area contributed by atoms with Crippen molar-refractivity contribution in [2.24, 2.45) is 5.73 Å². The maximum Gasteiger partial charge on any atom is 0.252 e. The molecule has 0 radical (unpaired) electrons. The van der Waals surface area contributed by atoms with E-state index in [-0.39, 0.29) is 24.0 Å². The fraction of sp³-hybridized carbons (Fsp3) is 0.435. The third-order valence-electron chi connectivity index (χ3n) is 6.95. The second-order valence-corrected chi connectivity index (χ2v) is 9.20. The highest BCUT2D eigenvalue weighted by Crippen LogP contribution is 2.49. The number of fused-ring (bicyclic) bond motifs is 2. The number of halogens is 1. The van der Waals surface area contributed by atoms with Crippen LogP contribution in [-0.2, 0) is 10.2 Å². The van der Waals surface area contributed by atoms with E-state index in [1.54, 1.807) is 18.3 Å². The Morgan fingerprint density at radius 3 is 2.37 bits per heavy atom. The van der Waals surface area contributed by atoms with Gasteiger partial charge in [-0.05, 0) is 68.4 Å². The van der Waals surface area contributed by atoms with Crippen molar-refractivity contribution in [1.29, 1.82) is 0 Å². The molecule has 6 nitrogen and oxygen atoms in total. The zero-order valence-corrected chi connectivity index (χ0v) is 17.4. The van der Waals surface area contributed by atoms with E-state index < -0.39 is 11.3 Å². The smallest absolute Gasteiger partial charge is 0.252 e. The normalized spacial score (nSPS) is 26.3. The topological polar surface area (TPSA) is 88.3 Å². The predicted octanol–water partition coefficient (Wildman–Crippen LogP) is 3.18. The SMILES string of the molecule is NC(=O)c1cccnc1N1[C@@H]2CC[C@H]1C[C@@H](NC(=O)C1(c3ccc(Cl)cc3)CC1)C2. The summed E-state index contributed by atoms with van der Waals surface area (Å²) in [4.78, 5) is 31.8. The van der Waals surface area contributed by atoms with Crippen LogP contribution in [0.1, 0.15) is 54.4 Å². The van der Waals surface area contributed by atoms with Crippen molar-refractivity contribution in [3.8, 4) is 0 Å². The minimum absolute atomic E-state index is 0.123. The monoisotopic (exact) mass is 424 g/mol. The molecule has 2 saturated heterocycles. The van der Waals surface area contributed by atoms with E-state index in [0.717, 1.165) is 44.1 Å². The van der Waals surface area contributed by atoms with Crippen LogP contribution in [0, 0.1) is 0 Å². The number of nitrogens with two attached hydrogens (primary N) is 1. The van der Waals surface area contributed by atoms with Gasteiger partial charge in [0, 0.05) is 29.3 Å². The molecule has 2 amide bonds. The summed E-state index contributed by atoms with van der Waals surface area (Å²) in [5.74, 6) is 0.354. The van der Waals surface area contributed by atoms with Gasteiger partial charge in [0.05, 0.1) is 11.0 Å². The summed E-state index contributed by atoms with van der Waals surface area (Å²) in [6.45, 7) is 0. The van der Waals surface area contributed by atoms with Crippen molar-refractivity contribution in [2.45, 2.75) is 62.1 Å². The van der Waals surface area contributed by atoms with Crippen molar-refractivity contribution >= 4 is 29.2 Å². The molecule has 1 aliphatic carbocycles. The summed E-state index contributed by atoms with van der Waals surface area (Å²) >= 11 is 6.01. The first-order chi connectivity index (χ1) is 14.5. The van der Waals surface area contributed by atoms with Crippen molar-refractivity contribution in [3.05, 3.63) is 58.7 Å². The lowest BCUT2D eigenvalue weighted by atomic mass is 9.92. The molecule has 1 saturated carbocycles. The lowest BCUT2D eigenvalue weighted by molar-refractivity contribution is -0.124. The number of carbonyl (C=O) groups is 2. The quantitative estimate of drug-likeness (QED) is 0.771. The molecule has 3 fully saturated rings. The van der Waals surface area contributed by atoms with Crippen molar-refractivity contribution < 1.29 is 9.59 Å². The van der Waals surface area contributed by atoms with Gasteiger partial charge in [0.25, 0.3) is 5.91 Å². The molecule has 1 aromatic carbocycles. The van der Waals surface area contributed by atoms with Crippen molar-refractivity contribution in [2.75, 3.05) is 4.90 Å². The summed E-state index contributed by atoms with van der Waals surface area (Å²) in [6.07, 6.45) is 7.24. The third kappa shape index (κ3) is 3.23. The number of pyridine rings is 1. The first-order valence-corrected chi connectivity index (χ1v) is 11.0. The number of amides is 2. The molecular weight excluding hydrogens is 400 g/mol. The number of anilines is 1. The second-order valence-electron chi connectivity index (χ2n) is 8.76. The van der Waals surface area contributed by atoms with Gasteiger partial charge in [0.15, 0.2) is 0 Å². The number of carbonyl (C=O) groups excluding carboxylic acids is 2. The van der Waals surface area contributed by atoms with E-state index in [9.17, 15) is 9.59 Å². The number of rotatable bonds is 5. The van der Waals surface area contributed by atoms with Gasteiger partial charge in [0.1, 0.15) is 5.82 Å². The Morgan fingerprint density at radius 2 is 1.77 bits per heavy atom. The van der Waals surface area contributed by atoms with Gasteiger partial charge in [0.2, 0.25) is 5.91 Å². The molecule has 5 rings (SSSR count). The number of benzene rings is 1. The molecule has 156 valence electrons. The largest absolute Gasteiger partial charge is 0.365 e. The summed E-state index contributed by atoms with van der Waals surface area (Å²) in [5, 5.41) is 4.02. The number of primary amides is 1. The van der Waals surface area contributed by atoms with Gasteiger partial charge < -0.3 is 16.0 Å². The Bertz CT molecular complexity index is 975. The Hall–Kier alpha value is -2.60. The van der Waals surface area contributed by atoms with Crippen LogP contribution in [0.25, 0.3) is 0 Å². The van der Waals surface area contributed by atoms with E-state index in [0.29, 0.717) is 16.4 Å². The van der Waals surface area contributed by atoms with Gasteiger partial charge in [-0.15, -0.1) is 0 Å². The molecule has 3 heterocycles. The van der Waals surface area contributed by atoms with E-state index in [1.165, 1.54) is 0 Å². The van der Waals surface area contributed by atoms with E-state index in [1.807, 2.05) is 24.3 Å². The number of hydrogen-bond donors (Lipinski definition) is 2. The summed E-state index contributed by atoms with van der Waals surface area (Å²) in [6, 6.07) is 11.8. The minimum Gasteiger partial charge on any atom is -0.365 e. The molecule has 30 heavy (non-hydrogen) atoms. The van der Waals surface area contributed by atoms with Gasteiger partial charge in [-0.2, -0.15) is 0 Å². The maximum atomic E-state index is 13.2. The van der Waals surface area contributed by atoms with E-state index in [4.69, 9.17) is 17.3 Å². The molecule has 0 spiro atoms. The first-order valence-electron chi connectivity index (χ1n) is 10.6. The average molecular weight is 425 g/mol. The molecule has 0 unspecified atom stereocenters. The molecule has 2 aliphatic heterocycles. The van der Waals surface area contributed by atoms with Gasteiger partial charge in [-0.1, -0.05) is 23.7 Å². The Kier molecular flexibility index (Phi) is 4.69. The van der Waals surface area contributed by atoms with Crippen LogP contribution < -0.4 is 16.0 Å². The predicted molar refractivity (Wildman–Crippen MR) is 116 cm³/mol. The third-order valence-corrected chi connectivity index (χ3v) is 7.20. The molecule has 3 N–H and O–H groups in total. The molecule has 2 aromatic rings. The molecule has 7 heteroatoms. The van der Waals surface area contributed by atoms with Gasteiger partial charge in [-0.3, -0.25) is 9.59 Å². The lowest BCUT2D eigenvalue weighted by Crippen LogP contribution is -2.52. The second kappa shape index (κ2) is 7.27. The van der Waals surface area contributed by atoms with Crippen molar-refractivity contribution in [3.63, 3.8) is 0 Å². The van der Waals surface area contributed by atoms with Crippen molar-refractivity contribution in [1.82, 2.24) is 10.3 Å². The van der Waals surface area contributed by atoms with Crippen LogP contribution in [0.3, 0.4) is 0 Å². The summed E-state index contributed by atoms with van der Waals surface area (Å²) < 4.78 is 0. The van der Waals surface area contributed by atoms with E-state index in [2.05, 4.69) is 15.2 Å². The van der Waals surface area contributed by atoms with Crippen LogP contribution in [-0.4, -0.2) is 34.9 Å². The lowest BCUT2D eigenvalue weighted by Gasteiger charge is -2.41. The highest BCUT2D eigenvalue weighted by molar-refractivity contribution is 6.30. The number of hydrogen-bond acceptors (Lipinski definition) is 4. The zero-order valence-electron chi connectivity index (χ0n) is 16.7. The standard InChI is InChI=1S/C23H25ClN4O2/c24-15-5-3-14(4-6-15)23(9-10-23)22(30)27-16-12-17-7-8-18(13-16)28(17)21-19(20(25)29)2-1-11-26-21/h1-6,11,16-18H,7-10,12-13H2,(H2,25,29)(H,27,30)/t16-,17+,18-. The van der Waals surface area contributed by atoms with Crippen LogP contribution in [0.5, 0.6) is 0 Å². The summed E-state index contributed by atoms with van der Waals surface area (Å²) in [5.41, 5.74) is 6.69. The molecule has 1 aromatic heterocycles. The Morgan fingerprint density at radius 1 is 1.10 bits per heavy atom. The Balaban J connectivity index is 1.31. The fourth-order valence-electron chi connectivity index (χ4n) is 5.30. The molecule has 2 bridgehead atoms. The van der Waals surface area contributed by atoms with Crippen LogP contribution in [0.4, 0.5) is 5.82 Å². The van der Waals surface area contributed by atoms with Gasteiger partial charge in [-0.25, -0.2) is 4.98 Å². The zero-order chi connectivity index (χ0) is 20.9. The highest BCUT2D eigenvalue weighted by Gasteiger charge is 2.52. The number of piperidine rings is 1. The minimum atomic E-state index is -0.452. The van der Waals surface area contributed by atoms with E-state index >= 15 is 0 Å². The summed E-state index contributed by atoms with van der Waals surface area (Å²) in [7, 11) is 0. The van der Waals surface area contributed by atoms with Gasteiger partial charge >= 0.3 is 0 Å². The molecule has 3 atom stereocenters. The van der Waals surface area contributed by atoms with Crippen LogP contribution in [0.15, 0.2) is 42.6 Å². The fourth-order valence-corrected chi connectivity index (χ4v) is 5.43. The average Bonchev–Trinajstić information content (AvgIpc) is 3.50. The number of nitrogens with one attached hydrogen (secondary N) is 1. The van der Waals surface area contributed by atoms with Crippen LogP contribution >= 0.6 is 11.6 Å².